The Morgan fingerprint density at radius 2 is 1.69 bits per heavy atom. The number of ether oxygens (including phenoxy) is 4. The number of benzene rings is 2. The first kappa shape index (κ1) is 25.7. The van der Waals surface area contributed by atoms with Crippen LogP contribution in [0.5, 0.6) is 23.0 Å². The number of aromatic nitrogens is 2. The van der Waals surface area contributed by atoms with Gasteiger partial charge in [0.05, 0.1) is 40.2 Å². The summed E-state index contributed by atoms with van der Waals surface area (Å²) in [4.78, 5) is 24.8. The fourth-order valence-electron chi connectivity index (χ4n) is 2.96. The van der Waals surface area contributed by atoms with Gasteiger partial charge in [0, 0.05) is 11.3 Å². The van der Waals surface area contributed by atoms with E-state index in [2.05, 4.69) is 20.8 Å². The van der Waals surface area contributed by atoms with Crippen LogP contribution >= 0.6 is 11.8 Å². The van der Waals surface area contributed by atoms with E-state index < -0.39 is 5.91 Å². The van der Waals surface area contributed by atoms with Crippen LogP contribution in [0.25, 0.3) is 0 Å². The van der Waals surface area contributed by atoms with E-state index in [9.17, 15) is 9.59 Å². The minimum Gasteiger partial charge on any atom is -0.494 e. The smallest absolute Gasteiger partial charge is 0.277 e. The van der Waals surface area contributed by atoms with E-state index in [1.165, 1.54) is 33.5 Å². The molecule has 186 valence electrons. The monoisotopic (exact) mass is 502 g/mol. The molecule has 0 aliphatic heterocycles. The van der Waals surface area contributed by atoms with Gasteiger partial charge in [0.2, 0.25) is 17.5 Å². The maximum atomic E-state index is 12.6. The predicted octanol–water partition coefficient (Wildman–Crippen LogP) is 3.15. The lowest BCUT2D eigenvalue weighted by atomic mass is 10.1. The molecule has 1 heterocycles. The van der Waals surface area contributed by atoms with Gasteiger partial charge in [-0.3, -0.25) is 9.59 Å². The Kier molecular flexibility index (Phi) is 9.18. The van der Waals surface area contributed by atoms with Gasteiger partial charge >= 0.3 is 0 Å². The van der Waals surface area contributed by atoms with Crippen LogP contribution in [-0.2, 0) is 11.3 Å². The largest absolute Gasteiger partial charge is 0.494 e. The number of methoxy groups -OCH3 is 3. The second-order valence-electron chi connectivity index (χ2n) is 6.85. The summed E-state index contributed by atoms with van der Waals surface area (Å²) < 4.78 is 26.7. The summed E-state index contributed by atoms with van der Waals surface area (Å²) in [5, 5.41) is 13.5. The SMILES string of the molecule is CCOc1ccc(NC(=O)CSc2nnc(CNC(=O)c3cc(OC)c(OC)c(OC)c3)o2)cc1. The van der Waals surface area contributed by atoms with E-state index in [1.54, 1.807) is 24.3 Å². The number of hydrogen-bond donors (Lipinski definition) is 2. The van der Waals surface area contributed by atoms with Gasteiger partial charge in [-0.1, -0.05) is 11.8 Å². The fourth-order valence-corrected chi connectivity index (χ4v) is 3.54. The molecule has 35 heavy (non-hydrogen) atoms. The Morgan fingerprint density at radius 3 is 2.29 bits per heavy atom. The van der Waals surface area contributed by atoms with Crippen LogP contribution in [0.4, 0.5) is 5.69 Å². The van der Waals surface area contributed by atoms with Crippen LogP contribution in [0, 0.1) is 0 Å². The van der Waals surface area contributed by atoms with Gasteiger partial charge in [0.1, 0.15) is 5.75 Å². The van der Waals surface area contributed by atoms with Crippen molar-refractivity contribution in [2.45, 2.75) is 18.7 Å². The third-order valence-corrected chi connectivity index (χ3v) is 5.37. The van der Waals surface area contributed by atoms with Crippen molar-refractivity contribution >= 4 is 29.3 Å². The Hall–Kier alpha value is -3.93. The van der Waals surface area contributed by atoms with E-state index in [0.717, 1.165) is 17.5 Å². The van der Waals surface area contributed by atoms with E-state index >= 15 is 0 Å². The maximum absolute atomic E-state index is 12.6. The second-order valence-corrected chi connectivity index (χ2v) is 7.78. The van der Waals surface area contributed by atoms with E-state index in [0.29, 0.717) is 35.1 Å². The van der Waals surface area contributed by atoms with Gasteiger partial charge in [0.25, 0.3) is 11.1 Å². The third-order valence-electron chi connectivity index (χ3n) is 4.55. The highest BCUT2D eigenvalue weighted by Gasteiger charge is 2.18. The highest BCUT2D eigenvalue weighted by Crippen LogP contribution is 2.38. The lowest BCUT2D eigenvalue weighted by molar-refractivity contribution is -0.113. The van der Waals surface area contributed by atoms with Crippen molar-refractivity contribution in [3.63, 3.8) is 0 Å². The molecule has 0 aliphatic rings. The molecular weight excluding hydrogens is 476 g/mol. The van der Waals surface area contributed by atoms with Crippen LogP contribution in [0.15, 0.2) is 46.0 Å². The average molecular weight is 503 g/mol. The van der Waals surface area contributed by atoms with Crippen molar-refractivity contribution in [3.8, 4) is 23.0 Å². The van der Waals surface area contributed by atoms with Crippen molar-refractivity contribution in [3.05, 3.63) is 47.9 Å². The van der Waals surface area contributed by atoms with Crippen molar-refractivity contribution in [1.29, 1.82) is 0 Å². The Balaban J connectivity index is 1.50. The standard InChI is InChI=1S/C23H26N4O7S/c1-5-33-16-8-6-15(7-9-16)25-19(28)13-35-23-27-26-20(34-23)12-24-22(29)14-10-17(30-2)21(32-4)18(11-14)31-3/h6-11H,5,12-13H2,1-4H3,(H,24,29)(H,25,28). The third kappa shape index (κ3) is 7.03. The highest BCUT2D eigenvalue weighted by atomic mass is 32.2. The summed E-state index contributed by atoms with van der Waals surface area (Å²) >= 11 is 1.09. The number of rotatable bonds is 12. The number of nitrogens with one attached hydrogen (secondary N) is 2. The highest BCUT2D eigenvalue weighted by molar-refractivity contribution is 7.99. The van der Waals surface area contributed by atoms with Crippen LogP contribution in [0.2, 0.25) is 0 Å². The van der Waals surface area contributed by atoms with Gasteiger partial charge in [-0.05, 0) is 43.3 Å². The first-order chi connectivity index (χ1) is 17.0. The summed E-state index contributed by atoms with van der Waals surface area (Å²) in [7, 11) is 4.42. The van der Waals surface area contributed by atoms with Gasteiger partial charge in [-0.2, -0.15) is 0 Å². The van der Waals surface area contributed by atoms with Crippen molar-refractivity contribution < 1.29 is 33.0 Å². The zero-order valence-electron chi connectivity index (χ0n) is 19.7. The van der Waals surface area contributed by atoms with Crippen molar-refractivity contribution in [1.82, 2.24) is 15.5 Å². The Bertz CT molecular complexity index is 1130. The molecule has 0 unspecified atom stereocenters. The number of carbonyl (C=O) groups is 2. The zero-order valence-corrected chi connectivity index (χ0v) is 20.6. The molecule has 0 saturated heterocycles. The maximum Gasteiger partial charge on any atom is 0.277 e. The van der Waals surface area contributed by atoms with E-state index in [1.807, 2.05) is 6.92 Å². The van der Waals surface area contributed by atoms with E-state index in [4.69, 9.17) is 23.4 Å². The summed E-state index contributed by atoms with van der Waals surface area (Å²) in [6.07, 6.45) is 0. The quantitative estimate of drug-likeness (QED) is 0.356. The minimum atomic E-state index is -0.397. The average Bonchev–Trinajstić information content (AvgIpc) is 3.34. The van der Waals surface area contributed by atoms with Crippen LogP contribution in [-0.4, -0.2) is 55.7 Å². The summed E-state index contributed by atoms with van der Waals surface area (Å²) in [6.45, 7) is 2.48. The molecule has 12 heteroatoms. The molecule has 0 radical (unpaired) electrons. The molecule has 2 amide bonds. The molecule has 0 bridgehead atoms. The zero-order chi connectivity index (χ0) is 25.2. The fraction of sp³-hybridized carbons (Fsp3) is 0.304. The topological polar surface area (TPSA) is 134 Å². The van der Waals surface area contributed by atoms with Gasteiger partial charge in [0.15, 0.2) is 11.5 Å². The lowest BCUT2D eigenvalue weighted by Crippen LogP contribution is -2.23. The van der Waals surface area contributed by atoms with Gasteiger partial charge in [-0.25, -0.2) is 0 Å². The number of nitrogens with zero attached hydrogens (tertiary/aromatic N) is 2. The number of carbonyl (C=O) groups excluding carboxylic acids is 2. The molecule has 0 spiro atoms. The molecule has 3 rings (SSSR count). The molecule has 2 N–H and O–H groups in total. The molecule has 2 aromatic carbocycles. The van der Waals surface area contributed by atoms with Gasteiger partial charge in [-0.15, -0.1) is 10.2 Å². The summed E-state index contributed by atoms with van der Waals surface area (Å²) in [6, 6.07) is 10.2. The lowest BCUT2D eigenvalue weighted by Gasteiger charge is -2.13. The number of anilines is 1. The van der Waals surface area contributed by atoms with E-state index in [-0.39, 0.29) is 29.3 Å². The van der Waals surface area contributed by atoms with Crippen molar-refractivity contribution in [2.75, 3.05) is 39.0 Å². The van der Waals surface area contributed by atoms with Gasteiger partial charge < -0.3 is 34.0 Å². The Morgan fingerprint density at radius 1 is 1.00 bits per heavy atom. The molecular formula is C23H26N4O7S. The minimum absolute atomic E-state index is 0.00142. The number of thioether (sulfide) groups is 1. The predicted molar refractivity (Wildman–Crippen MR) is 129 cm³/mol. The van der Waals surface area contributed by atoms with Crippen LogP contribution in [0.1, 0.15) is 23.2 Å². The van der Waals surface area contributed by atoms with Crippen LogP contribution < -0.4 is 29.6 Å². The second kappa shape index (κ2) is 12.5. The number of amides is 2. The normalized spacial score (nSPS) is 10.4. The van der Waals surface area contributed by atoms with Crippen molar-refractivity contribution in [2.24, 2.45) is 0 Å². The first-order valence-electron chi connectivity index (χ1n) is 10.5. The van der Waals surface area contributed by atoms with Crippen LogP contribution in [0.3, 0.4) is 0 Å². The molecule has 1 aromatic heterocycles. The molecule has 11 nitrogen and oxygen atoms in total. The molecule has 0 fully saturated rings. The summed E-state index contributed by atoms with van der Waals surface area (Å²) in [5.74, 6) is 1.48. The molecule has 0 aliphatic carbocycles. The Labute approximate surface area is 206 Å². The molecule has 0 atom stereocenters. The number of hydrogen-bond acceptors (Lipinski definition) is 10. The summed E-state index contributed by atoms with van der Waals surface area (Å²) in [5.41, 5.74) is 0.958. The molecule has 3 aromatic rings. The molecule has 0 saturated carbocycles. The first-order valence-corrected chi connectivity index (χ1v) is 11.5.